The number of aryl methyl sites for hydroxylation is 2. The number of nitrogens with zero attached hydrogens (tertiary/aromatic N) is 5. The summed E-state index contributed by atoms with van der Waals surface area (Å²) in [6.07, 6.45) is 10.6. The number of hydrogen-bond acceptors (Lipinski definition) is 5. The van der Waals surface area contributed by atoms with E-state index in [0.29, 0.717) is 24.2 Å². The van der Waals surface area contributed by atoms with Gasteiger partial charge in [0.15, 0.2) is 11.0 Å². The maximum atomic E-state index is 13.0. The highest BCUT2D eigenvalue weighted by Gasteiger charge is 2.27. The van der Waals surface area contributed by atoms with Crippen LogP contribution >= 0.6 is 0 Å². The van der Waals surface area contributed by atoms with Crippen molar-refractivity contribution in [3.8, 4) is 0 Å². The average molecular weight is 410 g/mol. The van der Waals surface area contributed by atoms with Crippen LogP contribution < -0.4 is 5.32 Å². The summed E-state index contributed by atoms with van der Waals surface area (Å²) >= 11 is 0. The molecular formula is C20H23N7OS. The van der Waals surface area contributed by atoms with Crippen molar-refractivity contribution < 1.29 is 4.21 Å². The molecule has 3 aliphatic rings. The van der Waals surface area contributed by atoms with E-state index in [1.165, 1.54) is 40.8 Å². The van der Waals surface area contributed by atoms with Gasteiger partial charge >= 0.3 is 0 Å². The number of fused-ring (bicyclic) bond motifs is 3. The summed E-state index contributed by atoms with van der Waals surface area (Å²) in [5, 5.41) is 11.1. The lowest BCUT2D eigenvalue weighted by Crippen LogP contribution is -2.34. The summed E-state index contributed by atoms with van der Waals surface area (Å²) in [6.45, 7) is 2.07. The van der Waals surface area contributed by atoms with Gasteiger partial charge in [-0.2, -0.15) is 4.98 Å². The molecule has 0 radical (unpaired) electrons. The molecule has 0 amide bonds. The number of rotatable bonds is 4. The van der Waals surface area contributed by atoms with Crippen molar-refractivity contribution in [1.82, 2.24) is 29.0 Å². The Morgan fingerprint density at radius 3 is 2.66 bits per heavy atom. The predicted molar refractivity (Wildman–Crippen MR) is 109 cm³/mol. The van der Waals surface area contributed by atoms with Crippen molar-refractivity contribution in [2.75, 3.05) is 11.9 Å². The van der Waals surface area contributed by atoms with Gasteiger partial charge in [0.2, 0.25) is 11.1 Å². The van der Waals surface area contributed by atoms with Gasteiger partial charge in [-0.05, 0) is 60.8 Å². The minimum Gasteiger partial charge on any atom is -0.332 e. The predicted octanol–water partition coefficient (Wildman–Crippen LogP) is 2.26. The third kappa shape index (κ3) is 2.91. The fraction of sp³-hybridized carbons (Fsp3) is 0.450. The Bertz CT molecular complexity index is 1090. The zero-order valence-corrected chi connectivity index (χ0v) is 17.0. The molecule has 2 N–H and O–H groups in total. The van der Waals surface area contributed by atoms with Gasteiger partial charge in [0, 0.05) is 25.0 Å². The van der Waals surface area contributed by atoms with Gasteiger partial charge in [0.25, 0.3) is 0 Å². The molecule has 8 nitrogen and oxygen atoms in total. The molecule has 3 aromatic rings. The SMILES string of the molecule is O=S(c1nc(Nc2c3c(cc4c2CCC4)CCC3)n[nH]1)N1CCn2cncc2C1. The Morgan fingerprint density at radius 2 is 1.86 bits per heavy atom. The highest BCUT2D eigenvalue weighted by atomic mass is 32.2. The first kappa shape index (κ1) is 17.3. The molecule has 0 spiro atoms. The van der Waals surface area contributed by atoms with Gasteiger partial charge in [-0.15, -0.1) is 5.10 Å². The Hall–Kier alpha value is -2.52. The van der Waals surface area contributed by atoms with E-state index in [1.807, 2.05) is 16.8 Å². The highest BCUT2D eigenvalue weighted by Crippen LogP contribution is 2.39. The Morgan fingerprint density at radius 1 is 1.07 bits per heavy atom. The monoisotopic (exact) mass is 409 g/mol. The molecule has 0 fully saturated rings. The van der Waals surface area contributed by atoms with Gasteiger partial charge in [-0.3, -0.25) is 0 Å². The normalized spacial score (nSPS) is 19.0. The third-order valence-electron chi connectivity index (χ3n) is 6.30. The second kappa shape index (κ2) is 6.77. The molecule has 3 heterocycles. The Balaban J connectivity index is 1.25. The van der Waals surface area contributed by atoms with Crippen LogP contribution in [0.4, 0.5) is 11.6 Å². The molecule has 1 aliphatic heterocycles. The van der Waals surface area contributed by atoms with Crippen LogP contribution in [0.5, 0.6) is 0 Å². The minimum absolute atomic E-state index is 0.393. The van der Waals surface area contributed by atoms with Crippen molar-refractivity contribution in [3.05, 3.63) is 46.5 Å². The lowest BCUT2D eigenvalue weighted by atomic mass is 9.99. The summed E-state index contributed by atoms with van der Waals surface area (Å²) < 4.78 is 17.0. The summed E-state index contributed by atoms with van der Waals surface area (Å²) in [6, 6.07) is 2.41. The first-order valence-electron chi connectivity index (χ1n) is 10.3. The van der Waals surface area contributed by atoms with E-state index >= 15 is 0 Å². The van der Waals surface area contributed by atoms with Gasteiger partial charge in [0.1, 0.15) is 0 Å². The van der Waals surface area contributed by atoms with Crippen LogP contribution in [0.15, 0.2) is 23.7 Å². The first-order chi connectivity index (χ1) is 14.3. The maximum Gasteiger partial charge on any atom is 0.247 e. The molecule has 150 valence electrons. The summed E-state index contributed by atoms with van der Waals surface area (Å²) in [4.78, 5) is 8.70. The maximum absolute atomic E-state index is 13.0. The third-order valence-corrected chi connectivity index (χ3v) is 7.60. The topological polar surface area (TPSA) is 91.7 Å². The van der Waals surface area contributed by atoms with E-state index in [1.54, 1.807) is 0 Å². The van der Waals surface area contributed by atoms with Crippen LogP contribution in [0.1, 0.15) is 40.8 Å². The largest absolute Gasteiger partial charge is 0.332 e. The highest BCUT2D eigenvalue weighted by molar-refractivity contribution is 7.82. The zero-order valence-electron chi connectivity index (χ0n) is 16.1. The fourth-order valence-electron chi connectivity index (χ4n) is 4.88. The Labute approximate surface area is 171 Å². The molecule has 9 heteroatoms. The smallest absolute Gasteiger partial charge is 0.247 e. The second-order valence-corrected chi connectivity index (χ2v) is 9.42. The molecular weight excluding hydrogens is 386 g/mol. The van der Waals surface area contributed by atoms with Crippen molar-refractivity contribution in [2.24, 2.45) is 0 Å². The standard InChI is InChI=1S/C20H23N7OS/c28-29(27-8-7-26-12-21-10-15(26)11-27)20-23-19(24-25-20)22-18-16-5-1-3-13(16)9-14-4-2-6-17(14)18/h9-10,12H,1-8,11H2,(H2,22,23,24,25). The van der Waals surface area contributed by atoms with Crippen LogP contribution in [0.2, 0.25) is 0 Å². The van der Waals surface area contributed by atoms with Crippen molar-refractivity contribution in [1.29, 1.82) is 0 Å². The molecule has 0 bridgehead atoms. The number of H-pyrrole nitrogens is 1. The molecule has 0 saturated carbocycles. The summed E-state index contributed by atoms with van der Waals surface area (Å²) in [7, 11) is -1.37. The van der Waals surface area contributed by atoms with Gasteiger partial charge in [0.05, 0.1) is 18.6 Å². The van der Waals surface area contributed by atoms with Crippen LogP contribution in [-0.4, -0.2) is 39.8 Å². The van der Waals surface area contributed by atoms with Crippen LogP contribution in [0.3, 0.4) is 0 Å². The molecule has 2 aliphatic carbocycles. The molecule has 29 heavy (non-hydrogen) atoms. The quantitative estimate of drug-likeness (QED) is 0.690. The number of aromatic amines is 1. The van der Waals surface area contributed by atoms with E-state index in [2.05, 4.69) is 36.1 Å². The van der Waals surface area contributed by atoms with E-state index in [-0.39, 0.29) is 0 Å². The fourth-order valence-corrected chi connectivity index (χ4v) is 5.91. The number of imidazole rings is 1. The lowest BCUT2D eigenvalue weighted by Gasteiger charge is -2.25. The number of hydrogen-bond donors (Lipinski definition) is 2. The summed E-state index contributed by atoms with van der Waals surface area (Å²) in [5.74, 6) is 0.504. The second-order valence-electron chi connectivity index (χ2n) is 8.01. The molecule has 1 unspecified atom stereocenters. The number of nitrogens with one attached hydrogen (secondary N) is 2. The van der Waals surface area contributed by atoms with Gasteiger partial charge in [-0.1, -0.05) is 6.07 Å². The summed E-state index contributed by atoms with van der Waals surface area (Å²) in [5.41, 5.74) is 8.04. The van der Waals surface area contributed by atoms with E-state index in [0.717, 1.165) is 37.9 Å². The molecule has 0 saturated heterocycles. The molecule has 2 aromatic heterocycles. The van der Waals surface area contributed by atoms with Crippen molar-refractivity contribution in [3.63, 3.8) is 0 Å². The average Bonchev–Trinajstić information content (AvgIpc) is 3.52. The van der Waals surface area contributed by atoms with Gasteiger partial charge < -0.3 is 9.88 Å². The van der Waals surface area contributed by atoms with Crippen LogP contribution in [0, 0.1) is 0 Å². The number of aromatic nitrogens is 5. The van der Waals surface area contributed by atoms with Crippen LogP contribution in [-0.2, 0) is 49.8 Å². The number of anilines is 2. The molecule has 1 aromatic carbocycles. The van der Waals surface area contributed by atoms with Crippen LogP contribution in [0.25, 0.3) is 0 Å². The molecule has 6 rings (SSSR count). The lowest BCUT2D eigenvalue weighted by molar-refractivity contribution is 0.359. The van der Waals surface area contributed by atoms with Gasteiger partial charge in [-0.25, -0.2) is 18.6 Å². The van der Waals surface area contributed by atoms with E-state index in [4.69, 9.17) is 0 Å². The van der Waals surface area contributed by atoms with Crippen molar-refractivity contribution in [2.45, 2.75) is 56.8 Å². The minimum atomic E-state index is -1.37. The number of benzene rings is 1. The van der Waals surface area contributed by atoms with E-state index < -0.39 is 11.0 Å². The first-order valence-corrected chi connectivity index (χ1v) is 11.4. The van der Waals surface area contributed by atoms with E-state index in [9.17, 15) is 4.21 Å². The van der Waals surface area contributed by atoms with Crippen molar-refractivity contribution >= 4 is 22.6 Å². The Kier molecular flexibility index (Phi) is 4.05. The molecule has 1 atom stereocenters. The zero-order chi connectivity index (χ0) is 19.4.